The summed E-state index contributed by atoms with van der Waals surface area (Å²) in [7, 11) is 0. The van der Waals surface area contributed by atoms with Gasteiger partial charge >= 0.3 is 0 Å². The minimum absolute atomic E-state index is 0.0927. The molecule has 0 aromatic heterocycles. The maximum absolute atomic E-state index is 9.64. The van der Waals surface area contributed by atoms with E-state index < -0.39 is 5.41 Å². The van der Waals surface area contributed by atoms with E-state index in [1.165, 1.54) is 5.56 Å². The molecule has 0 unspecified atom stereocenters. The molecule has 17 heavy (non-hydrogen) atoms. The summed E-state index contributed by atoms with van der Waals surface area (Å²) in [5, 5.41) is 9.64. The van der Waals surface area contributed by atoms with Gasteiger partial charge < -0.3 is 4.74 Å². The van der Waals surface area contributed by atoms with Crippen molar-refractivity contribution >= 4 is 0 Å². The molecule has 4 atom stereocenters. The van der Waals surface area contributed by atoms with E-state index in [0.717, 1.165) is 5.56 Å². The molecule has 1 aromatic rings. The molecule has 4 bridgehead atoms. The Balaban J connectivity index is 2.09. The van der Waals surface area contributed by atoms with Crippen molar-refractivity contribution in [3.8, 4) is 6.07 Å². The summed E-state index contributed by atoms with van der Waals surface area (Å²) in [6, 6.07) is 10.7. The zero-order valence-electron chi connectivity index (χ0n) is 9.21. The van der Waals surface area contributed by atoms with Crippen LogP contribution in [0, 0.1) is 11.3 Å². The molecule has 2 heteroatoms. The monoisotopic (exact) mass is 221 g/mol. The fourth-order valence-electron chi connectivity index (χ4n) is 3.24. The zero-order chi connectivity index (χ0) is 11.5. The minimum atomic E-state index is -0.630. The first kappa shape index (κ1) is 9.21. The molecule has 4 aliphatic rings. The van der Waals surface area contributed by atoms with Crippen LogP contribution in [0.5, 0.6) is 0 Å². The second kappa shape index (κ2) is 2.88. The maximum atomic E-state index is 9.64. The average molecular weight is 221 g/mol. The van der Waals surface area contributed by atoms with Gasteiger partial charge in [0.15, 0.2) is 0 Å². The van der Waals surface area contributed by atoms with Gasteiger partial charge in [0, 0.05) is 5.92 Å². The van der Waals surface area contributed by atoms with Crippen molar-refractivity contribution in [3.05, 3.63) is 59.7 Å². The smallest absolute Gasteiger partial charge is 0.130 e. The van der Waals surface area contributed by atoms with Gasteiger partial charge in [-0.2, -0.15) is 5.26 Å². The molecule has 2 nitrogen and oxygen atoms in total. The van der Waals surface area contributed by atoms with Crippen LogP contribution in [0.2, 0.25) is 0 Å². The van der Waals surface area contributed by atoms with Crippen LogP contribution in [0.4, 0.5) is 0 Å². The van der Waals surface area contributed by atoms with E-state index in [2.05, 4.69) is 30.4 Å². The van der Waals surface area contributed by atoms with Crippen molar-refractivity contribution in [3.63, 3.8) is 0 Å². The van der Waals surface area contributed by atoms with Crippen molar-refractivity contribution in [1.82, 2.24) is 0 Å². The Hall–Kier alpha value is -1.85. The van der Waals surface area contributed by atoms with Crippen LogP contribution >= 0.6 is 0 Å². The Morgan fingerprint density at radius 3 is 2.94 bits per heavy atom. The first-order valence-electron chi connectivity index (χ1n) is 5.89. The molecule has 3 heterocycles. The first-order valence-corrected chi connectivity index (χ1v) is 5.89. The van der Waals surface area contributed by atoms with Gasteiger partial charge in [0.2, 0.25) is 0 Å². The first-order chi connectivity index (χ1) is 8.35. The molecular formula is C15H11NO. The van der Waals surface area contributed by atoms with Crippen molar-refractivity contribution < 1.29 is 4.74 Å². The molecule has 0 amide bonds. The quantitative estimate of drug-likeness (QED) is 0.630. The van der Waals surface area contributed by atoms with Crippen LogP contribution < -0.4 is 0 Å². The third-order valence-corrected chi connectivity index (χ3v) is 4.10. The van der Waals surface area contributed by atoms with Gasteiger partial charge in [-0.05, 0) is 11.1 Å². The largest absolute Gasteiger partial charge is 0.364 e. The number of nitrogens with zero attached hydrogens (tertiary/aromatic N) is 1. The number of ether oxygens (including phenoxy) is 1. The Labute approximate surface area is 99.8 Å². The lowest BCUT2D eigenvalue weighted by atomic mass is 9.68. The normalized spacial score (nSPS) is 39.8. The Morgan fingerprint density at radius 2 is 2.06 bits per heavy atom. The second-order valence-electron chi connectivity index (χ2n) is 4.86. The maximum Gasteiger partial charge on any atom is 0.130 e. The predicted molar refractivity (Wildman–Crippen MR) is 63.4 cm³/mol. The topological polar surface area (TPSA) is 33.0 Å². The van der Waals surface area contributed by atoms with Gasteiger partial charge in [-0.3, -0.25) is 0 Å². The van der Waals surface area contributed by atoms with Crippen molar-refractivity contribution in [2.24, 2.45) is 0 Å². The van der Waals surface area contributed by atoms with Gasteiger partial charge in [0.1, 0.15) is 11.5 Å². The van der Waals surface area contributed by atoms with Gasteiger partial charge in [-0.25, -0.2) is 0 Å². The van der Waals surface area contributed by atoms with E-state index in [9.17, 15) is 5.26 Å². The summed E-state index contributed by atoms with van der Waals surface area (Å²) in [6.07, 6.45) is 8.27. The molecular weight excluding hydrogens is 210 g/mol. The van der Waals surface area contributed by atoms with Crippen LogP contribution in [0.1, 0.15) is 17.0 Å². The number of hydrogen-bond donors (Lipinski definition) is 0. The molecule has 0 saturated carbocycles. The molecule has 82 valence electrons. The second-order valence-corrected chi connectivity index (χ2v) is 4.86. The van der Waals surface area contributed by atoms with Crippen molar-refractivity contribution in [2.75, 3.05) is 0 Å². The fourth-order valence-corrected chi connectivity index (χ4v) is 3.24. The van der Waals surface area contributed by atoms with Crippen LogP contribution in [0.3, 0.4) is 0 Å². The van der Waals surface area contributed by atoms with E-state index in [1.807, 2.05) is 24.3 Å². The van der Waals surface area contributed by atoms with E-state index in [1.54, 1.807) is 0 Å². The SMILES string of the molecule is N#C[C@@]12C=C[C@@H](c3ccccc31)[C@H]1C=C[C@@H]2O1. The predicted octanol–water partition coefficient (Wildman–Crippen LogP) is 2.44. The van der Waals surface area contributed by atoms with E-state index >= 15 is 0 Å². The van der Waals surface area contributed by atoms with Crippen molar-refractivity contribution in [1.29, 1.82) is 5.26 Å². The van der Waals surface area contributed by atoms with E-state index in [0.29, 0.717) is 0 Å². The molecule has 0 N–H and O–H groups in total. The summed E-state index contributed by atoms with van der Waals surface area (Å²) in [6.45, 7) is 0. The lowest BCUT2D eigenvalue weighted by Gasteiger charge is -2.31. The van der Waals surface area contributed by atoms with Crippen LogP contribution in [-0.4, -0.2) is 12.2 Å². The Bertz CT molecular complexity index is 595. The Kier molecular flexibility index (Phi) is 1.56. The number of rotatable bonds is 0. The molecule has 1 aromatic carbocycles. The van der Waals surface area contributed by atoms with Crippen LogP contribution in [0.25, 0.3) is 0 Å². The van der Waals surface area contributed by atoms with Crippen LogP contribution in [0.15, 0.2) is 48.6 Å². The number of benzene rings is 1. The molecule has 3 aliphatic heterocycles. The van der Waals surface area contributed by atoms with E-state index in [-0.39, 0.29) is 18.1 Å². The molecule has 0 saturated heterocycles. The highest BCUT2D eigenvalue weighted by Gasteiger charge is 2.50. The fraction of sp³-hybridized carbons (Fsp3) is 0.267. The molecule has 5 rings (SSSR count). The van der Waals surface area contributed by atoms with Crippen molar-refractivity contribution in [2.45, 2.75) is 23.5 Å². The highest BCUT2D eigenvalue weighted by molar-refractivity contribution is 5.56. The lowest BCUT2D eigenvalue weighted by Crippen LogP contribution is -2.36. The van der Waals surface area contributed by atoms with Gasteiger partial charge in [-0.15, -0.1) is 0 Å². The lowest BCUT2D eigenvalue weighted by molar-refractivity contribution is 0.0446. The molecule has 1 aliphatic carbocycles. The third kappa shape index (κ3) is 0.940. The summed E-state index contributed by atoms with van der Waals surface area (Å²) in [5.41, 5.74) is 1.73. The number of nitriles is 1. The average Bonchev–Trinajstić information content (AvgIpc) is 2.76. The summed E-state index contributed by atoms with van der Waals surface area (Å²) < 4.78 is 5.99. The van der Waals surface area contributed by atoms with Gasteiger partial charge in [0.25, 0.3) is 0 Å². The minimum Gasteiger partial charge on any atom is -0.364 e. The zero-order valence-corrected chi connectivity index (χ0v) is 9.21. The summed E-state index contributed by atoms with van der Waals surface area (Å²) >= 11 is 0. The highest BCUT2D eigenvalue weighted by Crippen LogP contribution is 2.49. The molecule has 0 radical (unpaired) electrons. The summed E-state index contributed by atoms with van der Waals surface area (Å²) in [5.74, 6) is 0.261. The number of hydrogen-bond acceptors (Lipinski definition) is 2. The standard InChI is InChI=1S/C15H11NO/c16-9-15-8-7-11(13-5-6-14(15)17-13)10-3-1-2-4-12(10)15/h1-8,11,13-14H/t11-,13+,14-,15-/m0/s1. The third-order valence-electron chi connectivity index (χ3n) is 4.10. The highest BCUT2D eigenvalue weighted by atomic mass is 16.5. The van der Waals surface area contributed by atoms with E-state index in [4.69, 9.17) is 4.74 Å². The molecule has 0 spiro atoms. The van der Waals surface area contributed by atoms with Gasteiger partial charge in [-0.1, -0.05) is 48.6 Å². The molecule has 0 fully saturated rings. The summed E-state index contributed by atoms with van der Waals surface area (Å²) in [4.78, 5) is 0. The van der Waals surface area contributed by atoms with Crippen LogP contribution in [-0.2, 0) is 10.2 Å². The van der Waals surface area contributed by atoms with Gasteiger partial charge in [0.05, 0.1) is 12.2 Å². The Morgan fingerprint density at radius 1 is 1.18 bits per heavy atom.